The van der Waals surface area contributed by atoms with E-state index in [-0.39, 0.29) is 12.5 Å². The lowest BCUT2D eigenvalue weighted by atomic mass is 10.4. The third-order valence-corrected chi connectivity index (χ3v) is 4.42. The van der Waals surface area contributed by atoms with Gasteiger partial charge in [-0.2, -0.15) is 0 Å². The summed E-state index contributed by atoms with van der Waals surface area (Å²) in [5.41, 5.74) is 1.76. The predicted molar refractivity (Wildman–Crippen MR) is 97.5 cm³/mol. The van der Waals surface area contributed by atoms with E-state index >= 15 is 0 Å². The van der Waals surface area contributed by atoms with Crippen LogP contribution < -0.4 is 16.0 Å². The maximum absolute atomic E-state index is 11.9. The molecule has 0 spiro atoms. The van der Waals surface area contributed by atoms with Gasteiger partial charge in [-0.25, -0.2) is 4.98 Å². The molecular formula is C16H22N6OS. The molecule has 0 aliphatic carbocycles. The van der Waals surface area contributed by atoms with Gasteiger partial charge in [0.05, 0.1) is 29.1 Å². The van der Waals surface area contributed by atoms with Gasteiger partial charge in [0.2, 0.25) is 5.91 Å². The van der Waals surface area contributed by atoms with Gasteiger partial charge in [0.1, 0.15) is 0 Å². The second-order valence-corrected chi connectivity index (χ2v) is 6.43. The van der Waals surface area contributed by atoms with Crippen molar-refractivity contribution < 1.29 is 4.79 Å². The number of thiazole rings is 1. The molecule has 8 heteroatoms. The summed E-state index contributed by atoms with van der Waals surface area (Å²) >= 11 is 1.71. The average Bonchev–Trinajstić information content (AvgIpc) is 2.89. The molecule has 0 fully saturated rings. The molecule has 24 heavy (non-hydrogen) atoms. The van der Waals surface area contributed by atoms with Gasteiger partial charge in [0, 0.05) is 31.1 Å². The molecule has 7 nitrogen and oxygen atoms in total. The fourth-order valence-corrected chi connectivity index (χ4v) is 2.89. The molecule has 2 aromatic heterocycles. The Labute approximate surface area is 145 Å². The van der Waals surface area contributed by atoms with Crippen LogP contribution in [0.5, 0.6) is 0 Å². The summed E-state index contributed by atoms with van der Waals surface area (Å²) in [5.74, 6) is 0.429. The summed E-state index contributed by atoms with van der Waals surface area (Å²) in [7, 11) is 1.67. The minimum Gasteiger partial charge on any atom is -0.356 e. The number of amides is 1. The molecule has 0 unspecified atom stereocenters. The Hall–Kier alpha value is -2.48. The summed E-state index contributed by atoms with van der Waals surface area (Å²) in [5, 5.41) is 10.0. The monoisotopic (exact) mass is 346 g/mol. The Morgan fingerprint density at radius 1 is 1.33 bits per heavy atom. The first-order chi connectivity index (χ1) is 11.6. The molecule has 0 saturated heterocycles. The SMILES string of the molecule is CN=C(NCCc1nc(C)c(C)s1)NCC(=O)Nc1cccnc1. The summed E-state index contributed by atoms with van der Waals surface area (Å²) < 4.78 is 0. The van der Waals surface area contributed by atoms with Crippen molar-refractivity contribution in [2.75, 3.05) is 25.5 Å². The van der Waals surface area contributed by atoms with Crippen LogP contribution >= 0.6 is 11.3 Å². The molecule has 2 aromatic rings. The van der Waals surface area contributed by atoms with E-state index < -0.39 is 0 Å². The Balaban J connectivity index is 1.71. The Morgan fingerprint density at radius 2 is 2.17 bits per heavy atom. The van der Waals surface area contributed by atoms with Crippen molar-refractivity contribution in [3.05, 3.63) is 40.1 Å². The number of aryl methyl sites for hydroxylation is 2. The van der Waals surface area contributed by atoms with Crippen molar-refractivity contribution >= 4 is 28.9 Å². The van der Waals surface area contributed by atoms with E-state index in [1.165, 1.54) is 4.88 Å². The number of carbonyl (C=O) groups is 1. The standard InChI is InChI=1S/C16H22N6OS/c1-11-12(2)24-15(21-11)6-8-19-16(17-3)20-10-14(23)22-13-5-4-7-18-9-13/h4-5,7,9H,6,8,10H2,1-3H3,(H,22,23)(H2,17,19,20). The van der Waals surface area contributed by atoms with E-state index in [0.717, 1.165) is 17.1 Å². The van der Waals surface area contributed by atoms with Gasteiger partial charge in [0.15, 0.2) is 5.96 Å². The molecule has 1 amide bonds. The van der Waals surface area contributed by atoms with E-state index in [0.29, 0.717) is 18.2 Å². The maximum atomic E-state index is 11.9. The molecule has 2 rings (SSSR count). The first-order valence-electron chi connectivity index (χ1n) is 7.66. The Morgan fingerprint density at radius 3 is 2.79 bits per heavy atom. The van der Waals surface area contributed by atoms with Gasteiger partial charge in [-0.3, -0.25) is 14.8 Å². The van der Waals surface area contributed by atoms with Crippen LogP contribution in [0.15, 0.2) is 29.5 Å². The summed E-state index contributed by atoms with van der Waals surface area (Å²) in [4.78, 5) is 25.7. The van der Waals surface area contributed by atoms with Gasteiger partial charge in [-0.1, -0.05) is 0 Å². The lowest BCUT2D eigenvalue weighted by Gasteiger charge is -2.11. The molecule has 3 N–H and O–H groups in total. The number of guanidine groups is 1. The lowest BCUT2D eigenvalue weighted by molar-refractivity contribution is -0.115. The van der Waals surface area contributed by atoms with Crippen molar-refractivity contribution in [1.82, 2.24) is 20.6 Å². The number of anilines is 1. The zero-order chi connectivity index (χ0) is 17.4. The number of carbonyl (C=O) groups excluding carboxylic acids is 1. The third-order valence-electron chi connectivity index (χ3n) is 3.29. The van der Waals surface area contributed by atoms with Gasteiger partial charge in [-0.05, 0) is 26.0 Å². The largest absolute Gasteiger partial charge is 0.356 e. The van der Waals surface area contributed by atoms with E-state index in [4.69, 9.17) is 0 Å². The molecular weight excluding hydrogens is 324 g/mol. The van der Waals surface area contributed by atoms with E-state index in [1.807, 2.05) is 6.92 Å². The molecule has 0 radical (unpaired) electrons. The number of rotatable bonds is 6. The molecule has 128 valence electrons. The minimum atomic E-state index is -0.155. The first-order valence-corrected chi connectivity index (χ1v) is 8.47. The van der Waals surface area contributed by atoms with Crippen molar-refractivity contribution in [2.24, 2.45) is 4.99 Å². The second-order valence-electron chi connectivity index (χ2n) is 5.14. The van der Waals surface area contributed by atoms with Gasteiger partial charge < -0.3 is 16.0 Å². The molecule has 0 aliphatic heterocycles. The van der Waals surface area contributed by atoms with Crippen LogP contribution in [-0.2, 0) is 11.2 Å². The van der Waals surface area contributed by atoms with Crippen LogP contribution in [0, 0.1) is 13.8 Å². The summed E-state index contributed by atoms with van der Waals surface area (Å²) in [6.07, 6.45) is 4.08. The first kappa shape index (κ1) is 17.9. The smallest absolute Gasteiger partial charge is 0.243 e. The third kappa shape index (κ3) is 5.62. The van der Waals surface area contributed by atoms with Gasteiger partial charge in [-0.15, -0.1) is 11.3 Å². The van der Waals surface area contributed by atoms with E-state index in [1.54, 1.807) is 42.9 Å². The molecule has 0 atom stereocenters. The Bertz CT molecular complexity index is 678. The van der Waals surface area contributed by atoms with Crippen molar-refractivity contribution in [3.8, 4) is 0 Å². The number of nitrogens with zero attached hydrogens (tertiary/aromatic N) is 3. The average molecular weight is 346 g/mol. The van der Waals surface area contributed by atoms with Crippen molar-refractivity contribution in [1.29, 1.82) is 0 Å². The van der Waals surface area contributed by atoms with Gasteiger partial charge >= 0.3 is 0 Å². The molecule has 0 aliphatic rings. The van der Waals surface area contributed by atoms with Crippen LogP contribution in [0.25, 0.3) is 0 Å². The summed E-state index contributed by atoms with van der Waals surface area (Å²) in [6, 6.07) is 3.56. The topological polar surface area (TPSA) is 91.3 Å². The number of aromatic nitrogens is 2. The number of hydrogen-bond acceptors (Lipinski definition) is 5. The van der Waals surface area contributed by atoms with Crippen LogP contribution in [0.4, 0.5) is 5.69 Å². The molecule has 2 heterocycles. The highest BCUT2D eigenvalue weighted by atomic mass is 32.1. The zero-order valence-electron chi connectivity index (χ0n) is 14.1. The number of aliphatic imine (C=N–C) groups is 1. The highest BCUT2D eigenvalue weighted by molar-refractivity contribution is 7.11. The minimum absolute atomic E-state index is 0.129. The number of pyridine rings is 1. The van der Waals surface area contributed by atoms with E-state index in [2.05, 4.69) is 37.8 Å². The fraction of sp³-hybridized carbons (Fsp3) is 0.375. The van der Waals surface area contributed by atoms with Crippen molar-refractivity contribution in [2.45, 2.75) is 20.3 Å². The van der Waals surface area contributed by atoms with E-state index in [9.17, 15) is 4.79 Å². The van der Waals surface area contributed by atoms with Crippen LogP contribution in [0.3, 0.4) is 0 Å². The van der Waals surface area contributed by atoms with Crippen LogP contribution in [-0.4, -0.2) is 42.0 Å². The van der Waals surface area contributed by atoms with Crippen LogP contribution in [0.1, 0.15) is 15.6 Å². The second kappa shape index (κ2) is 8.97. The fourth-order valence-electron chi connectivity index (χ4n) is 1.96. The highest BCUT2D eigenvalue weighted by Crippen LogP contribution is 2.16. The van der Waals surface area contributed by atoms with Crippen LogP contribution in [0.2, 0.25) is 0 Å². The normalized spacial score (nSPS) is 11.2. The maximum Gasteiger partial charge on any atom is 0.243 e. The number of hydrogen-bond donors (Lipinski definition) is 3. The predicted octanol–water partition coefficient (Wildman–Crippen LogP) is 1.50. The number of nitrogens with one attached hydrogen (secondary N) is 3. The summed E-state index contributed by atoms with van der Waals surface area (Å²) in [6.45, 7) is 4.93. The lowest BCUT2D eigenvalue weighted by Crippen LogP contribution is -2.42. The molecule has 0 saturated carbocycles. The quantitative estimate of drug-likeness (QED) is 0.545. The van der Waals surface area contributed by atoms with Crippen molar-refractivity contribution in [3.63, 3.8) is 0 Å². The highest BCUT2D eigenvalue weighted by Gasteiger charge is 2.06. The molecule has 0 bridgehead atoms. The Kier molecular flexibility index (Phi) is 6.68. The van der Waals surface area contributed by atoms with Gasteiger partial charge in [0.25, 0.3) is 0 Å². The zero-order valence-corrected chi connectivity index (χ0v) is 14.9. The molecule has 0 aromatic carbocycles.